The summed E-state index contributed by atoms with van der Waals surface area (Å²) in [6, 6.07) is 5.81. The number of benzene rings is 1. The summed E-state index contributed by atoms with van der Waals surface area (Å²) in [5.41, 5.74) is 2.13. The third-order valence-electron chi connectivity index (χ3n) is 1.81. The summed E-state index contributed by atoms with van der Waals surface area (Å²) in [5, 5.41) is 20.3. The van der Waals surface area contributed by atoms with Gasteiger partial charge in [-0.3, -0.25) is 0 Å². The van der Waals surface area contributed by atoms with E-state index in [1.807, 2.05) is 19.1 Å². The maximum Gasteiger partial charge on any atom is 0.231 e. The quantitative estimate of drug-likeness (QED) is 0.515. The summed E-state index contributed by atoms with van der Waals surface area (Å²) < 4.78 is 0. The number of hydrogen-bond donors (Lipinski definition) is 3. The lowest BCUT2D eigenvalue weighted by atomic mass is 10.0. The van der Waals surface area contributed by atoms with Crippen LogP contribution in [0.15, 0.2) is 18.2 Å². The molecular formula is C12H16N2O3. The van der Waals surface area contributed by atoms with Crippen LogP contribution in [0.4, 0.5) is 0 Å². The number of carbonyl (C=O) groups excluding carboxylic acids is 2. The van der Waals surface area contributed by atoms with Crippen LogP contribution in [0.25, 0.3) is 0 Å². The van der Waals surface area contributed by atoms with E-state index in [0.29, 0.717) is 11.7 Å². The second-order valence-electron chi connectivity index (χ2n) is 3.42. The van der Waals surface area contributed by atoms with Gasteiger partial charge in [-0.2, -0.15) is 0 Å². The van der Waals surface area contributed by atoms with E-state index in [-0.39, 0.29) is 0 Å². The lowest BCUT2D eigenvalue weighted by Crippen LogP contribution is -1.87. The van der Waals surface area contributed by atoms with Gasteiger partial charge in [-0.25, -0.2) is 20.4 Å². The fourth-order valence-corrected chi connectivity index (χ4v) is 1.14. The van der Waals surface area contributed by atoms with E-state index in [4.69, 9.17) is 20.4 Å². The molecule has 0 aliphatic heterocycles. The summed E-state index contributed by atoms with van der Waals surface area (Å²) in [5.74, 6) is 0.815. The minimum atomic E-state index is 0.399. The normalized spacial score (nSPS) is 7.76. The van der Waals surface area contributed by atoms with Crippen molar-refractivity contribution in [2.75, 3.05) is 0 Å². The Kier molecular flexibility index (Phi) is 10.4. The van der Waals surface area contributed by atoms with E-state index in [0.717, 1.165) is 23.3 Å². The van der Waals surface area contributed by atoms with Crippen molar-refractivity contribution in [1.82, 2.24) is 0 Å². The molecule has 5 nitrogen and oxygen atoms in total. The van der Waals surface area contributed by atoms with Gasteiger partial charge in [0, 0.05) is 0 Å². The van der Waals surface area contributed by atoms with Crippen molar-refractivity contribution in [2.24, 2.45) is 0 Å². The predicted molar refractivity (Wildman–Crippen MR) is 63.8 cm³/mol. The second-order valence-corrected chi connectivity index (χ2v) is 3.42. The van der Waals surface area contributed by atoms with Crippen LogP contribution in [0.5, 0.6) is 5.75 Å². The van der Waals surface area contributed by atoms with Gasteiger partial charge in [0.1, 0.15) is 5.75 Å². The molecule has 0 unspecified atom stereocenters. The van der Waals surface area contributed by atoms with E-state index in [1.54, 1.807) is 6.07 Å². The minimum absolute atomic E-state index is 0.399. The number of rotatable bonds is 1. The standard InChI is InChI=1S/C10H14O.2CHNO/c1-7(2)9-5-4-8(3)6-10(9)11;2*2-1-3/h4-7,11H,1-3H3;2*2H. The fraction of sp³-hybridized carbons (Fsp3) is 0.333. The van der Waals surface area contributed by atoms with Crippen LogP contribution in [-0.4, -0.2) is 17.3 Å². The first-order valence-corrected chi connectivity index (χ1v) is 4.81. The Hall–Kier alpha value is -2.22. The molecule has 0 saturated carbocycles. The van der Waals surface area contributed by atoms with Gasteiger partial charge in [-0.1, -0.05) is 26.0 Å². The Morgan fingerprint density at radius 1 is 1.18 bits per heavy atom. The molecule has 1 aromatic carbocycles. The topological polar surface area (TPSA) is 102 Å². The number of aryl methyl sites for hydroxylation is 1. The number of hydrogen-bond acceptors (Lipinski definition) is 5. The SMILES string of the molecule is Cc1ccc(C(C)C)c(O)c1.N=C=O.N=C=O. The average Bonchev–Trinajstić information content (AvgIpc) is 2.18. The van der Waals surface area contributed by atoms with Crippen LogP contribution in [0, 0.1) is 17.7 Å². The van der Waals surface area contributed by atoms with Crippen LogP contribution in [0.2, 0.25) is 0 Å². The van der Waals surface area contributed by atoms with Crippen LogP contribution >= 0.6 is 0 Å². The molecule has 92 valence electrons. The Morgan fingerprint density at radius 2 is 1.59 bits per heavy atom. The Labute approximate surface area is 100 Å². The molecule has 0 amide bonds. The van der Waals surface area contributed by atoms with Crippen LogP contribution in [-0.2, 0) is 9.59 Å². The number of aromatic hydroxyl groups is 1. The van der Waals surface area contributed by atoms with E-state index < -0.39 is 0 Å². The van der Waals surface area contributed by atoms with E-state index in [2.05, 4.69) is 13.8 Å². The summed E-state index contributed by atoms with van der Waals surface area (Å²) in [7, 11) is 0. The van der Waals surface area contributed by atoms with Gasteiger partial charge in [0.05, 0.1) is 0 Å². The number of phenolic OH excluding ortho intramolecular Hbond substituents is 1. The van der Waals surface area contributed by atoms with Crippen LogP contribution in [0.1, 0.15) is 30.9 Å². The molecule has 1 aromatic rings. The molecule has 0 bridgehead atoms. The minimum Gasteiger partial charge on any atom is -0.508 e. The van der Waals surface area contributed by atoms with Crippen molar-refractivity contribution >= 4 is 12.2 Å². The Morgan fingerprint density at radius 3 is 1.88 bits per heavy atom. The number of isocyanates is 2. The molecule has 0 atom stereocenters. The van der Waals surface area contributed by atoms with Crippen molar-refractivity contribution in [2.45, 2.75) is 26.7 Å². The molecule has 0 aliphatic carbocycles. The molecule has 0 fully saturated rings. The molecule has 17 heavy (non-hydrogen) atoms. The van der Waals surface area contributed by atoms with Gasteiger partial charge in [0.25, 0.3) is 0 Å². The fourth-order valence-electron chi connectivity index (χ4n) is 1.14. The lowest BCUT2D eigenvalue weighted by Gasteiger charge is -2.07. The Bertz CT molecular complexity index is 390. The van der Waals surface area contributed by atoms with E-state index in [1.165, 1.54) is 0 Å². The summed E-state index contributed by atoms with van der Waals surface area (Å²) in [6.07, 6.45) is 1.50. The van der Waals surface area contributed by atoms with Gasteiger partial charge >= 0.3 is 0 Å². The monoisotopic (exact) mass is 236 g/mol. The maximum atomic E-state index is 9.46. The molecule has 0 spiro atoms. The van der Waals surface area contributed by atoms with Gasteiger partial charge in [0.15, 0.2) is 0 Å². The van der Waals surface area contributed by atoms with Crippen LogP contribution in [0.3, 0.4) is 0 Å². The zero-order valence-corrected chi connectivity index (χ0v) is 10.1. The third-order valence-corrected chi connectivity index (χ3v) is 1.81. The highest BCUT2D eigenvalue weighted by Crippen LogP contribution is 2.25. The largest absolute Gasteiger partial charge is 0.508 e. The maximum absolute atomic E-state index is 9.46. The average molecular weight is 236 g/mol. The molecule has 0 heterocycles. The first kappa shape index (κ1) is 17.2. The number of nitrogens with one attached hydrogen (secondary N) is 2. The third kappa shape index (κ3) is 8.75. The highest BCUT2D eigenvalue weighted by Gasteiger charge is 2.03. The molecule has 3 N–H and O–H groups in total. The zero-order valence-electron chi connectivity index (χ0n) is 10.1. The van der Waals surface area contributed by atoms with Crippen molar-refractivity contribution in [3.63, 3.8) is 0 Å². The van der Waals surface area contributed by atoms with Crippen molar-refractivity contribution in [3.8, 4) is 5.75 Å². The smallest absolute Gasteiger partial charge is 0.231 e. The highest BCUT2D eigenvalue weighted by molar-refractivity contribution is 5.37. The van der Waals surface area contributed by atoms with Crippen molar-refractivity contribution in [1.29, 1.82) is 10.8 Å². The second kappa shape index (κ2) is 10.3. The molecule has 0 radical (unpaired) electrons. The first-order chi connectivity index (χ1) is 7.94. The molecule has 0 aromatic heterocycles. The highest BCUT2D eigenvalue weighted by atomic mass is 16.3. The first-order valence-electron chi connectivity index (χ1n) is 4.81. The molecule has 0 aliphatic rings. The van der Waals surface area contributed by atoms with Crippen molar-refractivity contribution in [3.05, 3.63) is 29.3 Å². The number of phenols is 1. The summed E-state index contributed by atoms with van der Waals surface area (Å²) in [4.78, 5) is 16.7. The molecular weight excluding hydrogens is 220 g/mol. The van der Waals surface area contributed by atoms with Crippen molar-refractivity contribution < 1.29 is 14.7 Å². The van der Waals surface area contributed by atoms with Gasteiger partial charge in [-0.15, -0.1) is 0 Å². The van der Waals surface area contributed by atoms with Gasteiger partial charge < -0.3 is 5.11 Å². The zero-order chi connectivity index (χ0) is 13.8. The summed E-state index contributed by atoms with van der Waals surface area (Å²) >= 11 is 0. The predicted octanol–water partition coefficient (Wildman–Crippen LogP) is 2.63. The molecule has 5 heteroatoms. The summed E-state index contributed by atoms with van der Waals surface area (Å²) in [6.45, 7) is 6.12. The molecule has 1 rings (SSSR count). The van der Waals surface area contributed by atoms with Crippen LogP contribution < -0.4 is 0 Å². The van der Waals surface area contributed by atoms with Gasteiger partial charge in [-0.05, 0) is 30.0 Å². The molecule has 0 saturated heterocycles. The van der Waals surface area contributed by atoms with E-state index in [9.17, 15) is 5.11 Å². The lowest BCUT2D eigenvalue weighted by molar-refractivity contribution is 0.464. The van der Waals surface area contributed by atoms with E-state index >= 15 is 0 Å². The van der Waals surface area contributed by atoms with Gasteiger partial charge in [0.2, 0.25) is 12.2 Å². The Balaban J connectivity index is 0.